The van der Waals surface area contributed by atoms with Crippen LogP contribution in [-0.2, 0) is 15.1 Å². The Morgan fingerprint density at radius 2 is 1.83 bits per heavy atom. The molecule has 0 radical (unpaired) electrons. The predicted octanol–water partition coefficient (Wildman–Crippen LogP) is 2.46. The number of aryl methyl sites for hydroxylation is 1. The fourth-order valence-corrected chi connectivity index (χ4v) is 4.31. The number of fused-ring (bicyclic) bond motifs is 1. The van der Waals surface area contributed by atoms with Crippen molar-refractivity contribution in [3.63, 3.8) is 0 Å². The molecule has 0 bridgehead atoms. The summed E-state index contributed by atoms with van der Waals surface area (Å²) in [5.41, 5.74) is -3.01. The van der Waals surface area contributed by atoms with E-state index in [1.54, 1.807) is 20.8 Å². The van der Waals surface area contributed by atoms with E-state index in [4.69, 9.17) is 4.74 Å². The second kappa shape index (κ2) is 8.10. The highest BCUT2D eigenvalue weighted by Crippen LogP contribution is 2.30. The van der Waals surface area contributed by atoms with Crippen molar-refractivity contribution in [2.45, 2.75) is 66.3 Å². The molecule has 2 rings (SSSR count). The van der Waals surface area contributed by atoms with E-state index in [0.717, 1.165) is 27.4 Å². The maximum Gasteiger partial charge on any atom is 0.348 e. The Bertz CT molecular complexity index is 1080. The van der Waals surface area contributed by atoms with E-state index >= 15 is 0 Å². The molecule has 1 unspecified atom stereocenters. The van der Waals surface area contributed by atoms with Crippen LogP contribution in [0.15, 0.2) is 9.59 Å². The topological polar surface area (TPSA) is 99.4 Å². The van der Waals surface area contributed by atoms with Gasteiger partial charge in [0.25, 0.3) is 5.56 Å². The molecule has 1 N–H and O–H groups in total. The quantitative estimate of drug-likeness (QED) is 0.714. The zero-order valence-corrected chi connectivity index (χ0v) is 18.4. The summed E-state index contributed by atoms with van der Waals surface area (Å²) in [5, 5.41) is 2.70. The number of esters is 1. The molecule has 0 saturated heterocycles. The summed E-state index contributed by atoms with van der Waals surface area (Å²) in [6.07, 6.45) is -1.78. The lowest BCUT2D eigenvalue weighted by Crippen LogP contribution is -2.56. The van der Waals surface area contributed by atoms with Gasteiger partial charge in [0.1, 0.15) is 15.2 Å². The van der Waals surface area contributed by atoms with Gasteiger partial charge in [0, 0.05) is 6.04 Å². The highest BCUT2D eigenvalue weighted by atomic mass is 32.1. The van der Waals surface area contributed by atoms with E-state index in [-0.39, 0.29) is 33.3 Å². The molecule has 8 nitrogen and oxygen atoms in total. The lowest BCUT2D eigenvalue weighted by Gasteiger charge is -2.27. The lowest BCUT2D eigenvalue weighted by molar-refractivity contribution is -0.129. The summed E-state index contributed by atoms with van der Waals surface area (Å²) in [5.74, 6) is -1.21. The van der Waals surface area contributed by atoms with Crippen molar-refractivity contribution in [1.82, 2.24) is 14.5 Å². The molecule has 0 aliphatic carbocycles. The van der Waals surface area contributed by atoms with E-state index in [9.17, 15) is 23.6 Å². The van der Waals surface area contributed by atoms with Gasteiger partial charge in [-0.3, -0.25) is 14.2 Å². The number of carbonyl (C=O) groups is 2. The number of nitrogens with zero attached hydrogens (tertiary/aromatic N) is 2. The van der Waals surface area contributed by atoms with Crippen LogP contribution in [0.25, 0.3) is 10.2 Å². The van der Waals surface area contributed by atoms with Gasteiger partial charge in [0.05, 0.1) is 12.0 Å². The molecular weight excluding hydrogens is 401 g/mol. The monoisotopic (exact) mass is 427 g/mol. The van der Waals surface area contributed by atoms with Gasteiger partial charge in [-0.25, -0.2) is 18.5 Å². The number of amides is 1. The molecule has 29 heavy (non-hydrogen) atoms. The van der Waals surface area contributed by atoms with Crippen LogP contribution in [0.1, 0.15) is 63.1 Å². The van der Waals surface area contributed by atoms with Gasteiger partial charge in [-0.2, -0.15) is 0 Å². The summed E-state index contributed by atoms with van der Waals surface area (Å²) in [7, 11) is 0. The molecule has 160 valence electrons. The first-order valence-corrected chi connectivity index (χ1v) is 10.1. The van der Waals surface area contributed by atoms with Crippen molar-refractivity contribution < 1.29 is 18.7 Å². The fourth-order valence-electron chi connectivity index (χ4n) is 3.05. The van der Waals surface area contributed by atoms with E-state index in [1.165, 1.54) is 20.8 Å². The number of aromatic nitrogens is 2. The van der Waals surface area contributed by atoms with Crippen LogP contribution in [0.3, 0.4) is 0 Å². The zero-order valence-electron chi connectivity index (χ0n) is 17.6. The summed E-state index contributed by atoms with van der Waals surface area (Å²) >= 11 is 0.828. The summed E-state index contributed by atoms with van der Waals surface area (Å²) in [6, 6.07) is -0.221. The van der Waals surface area contributed by atoms with Gasteiger partial charge < -0.3 is 10.1 Å². The standard InChI is InChI=1S/C19H26FN3O5S/c1-8-28-16(25)13-10(4)12-14(24)23(19(6,7)17(26)21-9(2)3)18(27)22(11(5)20)15(12)29-13/h9,11H,8H2,1-7H3,(H,21,26). The first kappa shape index (κ1) is 22.8. The summed E-state index contributed by atoms with van der Waals surface area (Å²) in [6.45, 7) is 10.8. The highest BCUT2D eigenvalue weighted by Gasteiger charge is 2.36. The van der Waals surface area contributed by atoms with E-state index in [2.05, 4.69) is 5.32 Å². The maximum absolute atomic E-state index is 14.5. The SMILES string of the molecule is CCOC(=O)c1sc2c(c1C)c(=O)n(C(C)(C)C(=O)NC(C)C)c(=O)n2C(C)F. The van der Waals surface area contributed by atoms with Gasteiger partial charge in [0.15, 0.2) is 6.30 Å². The number of carbonyl (C=O) groups excluding carboxylic acids is 2. The van der Waals surface area contributed by atoms with Crippen molar-refractivity contribution in [3.8, 4) is 0 Å². The predicted molar refractivity (Wildman–Crippen MR) is 109 cm³/mol. The number of alkyl halides is 1. The first-order chi connectivity index (χ1) is 13.4. The minimum absolute atomic E-state index is 0.0209. The van der Waals surface area contributed by atoms with Crippen LogP contribution in [0, 0.1) is 6.92 Å². The Kier molecular flexibility index (Phi) is 6.36. The molecule has 0 aromatic carbocycles. The van der Waals surface area contributed by atoms with Gasteiger partial charge in [-0.05, 0) is 54.0 Å². The molecular formula is C19H26FN3O5S. The first-order valence-electron chi connectivity index (χ1n) is 9.29. The third kappa shape index (κ3) is 3.85. The summed E-state index contributed by atoms with van der Waals surface area (Å²) in [4.78, 5) is 51.5. The van der Waals surface area contributed by atoms with Crippen LogP contribution in [0.4, 0.5) is 4.39 Å². The number of ether oxygens (including phenoxy) is 1. The van der Waals surface area contributed by atoms with Gasteiger partial charge >= 0.3 is 11.7 Å². The van der Waals surface area contributed by atoms with Gasteiger partial charge in [-0.15, -0.1) is 11.3 Å². The molecule has 10 heteroatoms. The van der Waals surface area contributed by atoms with Crippen molar-refractivity contribution in [2.75, 3.05) is 6.61 Å². The molecule has 2 aromatic heterocycles. The van der Waals surface area contributed by atoms with Gasteiger partial charge in [0.2, 0.25) is 5.91 Å². The zero-order chi connectivity index (χ0) is 22.3. The van der Waals surface area contributed by atoms with Crippen molar-refractivity contribution in [3.05, 3.63) is 31.3 Å². The number of hydrogen-bond acceptors (Lipinski definition) is 6. The molecule has 0 saturated carbocycles. The average molecular weight is 427 g/mol. The number of thiophene rings is 1. The van der Waals surface area contributed by atoms with Crippen LogP contribution >= 0.6 is 11.3 Å². The molecule has 2 aromatic rings. The van der Waals surface area contributed by atoms with Gasteiger partial charge in [-0.1, -0.05) is 0 Å². The fraction of sp³-hybridized carbons (Fsp3) is 0.579. The molecule has 0 aliphatic rings. The Hall–Kier alpha value is -2.49. The average Bonchev–Trinajstić information content (AvgIpc) is 2.91. The minimum atomic E-state index is -1.78. The highest BCUT2D eigenvalue weighted by molar-refractivity contribution is 7.20. The van der Waals surface area contributed by atoms with Crippen LogP contribution in [0.5, 0.6) is 0 Å². The molecule has 0 aliphatic heterocycles. The van der Waals surface area contributed by atoms with Crippen LogP contribution in [-0.4, -0.2) is 33.7 Å². The van der Waals surface area contributed by atoms with Crippen LogP contribution in [0.2, 0.25) is 0 Å². The van der Waals surface area contributed by atoms with E-state index in [0.29, 0.717) is 0 Å². The van der Waals surface area contributed by atoms with E-state index < -0.39 is 35.0 Å². The number of halogens is 1. The minimum Gasteiger partial charge on any atom is -0.462 e. The Morgan fingerprint density at radius 3 is 2.31 bits per heavy atom. The van der Waals surface area contributed by atoms with Crippen LogP contribution < -0.4 is 16.6 Å². The Balaban J connectivity index is 2.95. The Labute approximate surface area is 171 Å². The maximum atomic E-state index is 14.5. The van der Waals surface area contributed by atoms with E-state index in [1.807, 2.05) is 0 Å². The summed E-state index contributed by atoms with van der Waals surface area (Å²) < 4.78 is 21.0. The smallest absolute Gasteiger partial charge is 0.348 e. The van der Waals surface area contributed by atoms with Crippen molar-refractivity contribution >= 4 is 33.4 Å². The number of nitrogens with one attached hydrogen (secondary N) is 1. The second-order valence-electron chi connectivity index (χ2n) is 7.51. The molecule has 1 amide bonds. The van der Waals surface area contributed by atoms with Crippen molar-refractivity contribution in [1.29, 1.82) is 0 Å². The lowest BCUT2D eigenvalue weighted by atomic mass is 10.0. The number of hydrogen-bond donors (Lipinski definition) is 1. The normalized spacial score (nSPS) is 13.0. The van der Waals surface area contributed by atoms with Crippen molar-refractivity contribution in [2.24, 2.45) is 0 Å². The molecule has 2 heterocycles. The third-order valence-corrected chi connectivity index (χ3v) is 5.78. The largest absolute Gasteiger partial charge is 0.462 e. The molecule has 1 atom stereocenters. The Morgan fingerprint density at radius 1 is 1.24 bits per heavy atom. The second-order valence-corrected chi connectivity index (χ2v) is 8.51. The molecule has 0 spiro atoms. The third-order valence-electron chi connectivity index (χ3n) is 4.51. The number of rotatable bonds is 6. The molecule has 0 fully saturated rings.